The monoisotopic (exact) mass is 256 g/mol. The zero-order chi connectivity index (χ0) is 12.5. The smallest absolute Gasteiger partial charge is 0.238 e. The summed E-state index contributed by atoms with van der Waals surface area (Å²) in [6.45, 7) is 2.88. The van der Waals surface area contributed by atoms with Gasteiger partial charge in [0.2, 0.25) is 5.88 Å². The van der Waals surface area contributed by atoms with Gasteiger partial charge in [-0.05, 0) is 18.6 Å². The van der Waals surface area contributed by atoms with Gasteiger partial charge in [-0.25, -0.2) is 0 Å². The van der Waals surface area contributed by atoms with E-state index in [1.807, 2.05) is 0 Å². The molecule has 0 saturated carbocycles. The molecule has 0 radical (unpaired) electrons. The van der Waals surface area contributed by atoms with Gasteiger partial charge in [0.15, 0.2) is 0 Å². The molecule has 0 aliphatic carbocycles. The van der Waals surface area contributed by atoms with Crippen LogP contribution < -0.4 is 10.5 Å². The third-order valence-electron chi connectivity index (χ3n) is 2.59. The second-order valence-corrected chi connectivity index (χ2v) is 4.53. The highest BCUT2D eigenvalue weighted by Gasteiger charge is 2.02. The van der Waals surface area contributed by atoms with Crippen LogP contribution in [0.2, 0.25) is 5.15 Å². The Kier molecular flexibility index (Phi) is 6.78. The molecule has 3 nitrogen and oxygen atoms in total. The molecule has 0 spiro atoms. The van der Waals surface area contributed by atoms with Crippen molar-refractivity contribution in [2.24, 2.45) is 0 Å². The molecule has 1 heterocycles. The summed E-state index contributed by atoms with van der Waals surface area (Å²) in [6.07, 6.45) is 7.42. The quantitative estimate of drug-likeness (QED) is 0.564. The third-order valence-corrected chi connectivity index (χ3v) is 2.80. The van der Waals surface area contributed by atoms with Gasteiger partial charge in [-0.1, -0.05) is 50.6 Å². The molecular formula is C13H21ClN2O. The first kappa shape index (κ1) is 14.1. The number of ether oxygens (including phenoxy) is 1. The fraction of sp³-hybridized carbons (Fsp3) is 0.615. The average Bonchev–Trinajstić information content (AvgIpc) is 2.32. The Morgan fingerprint density at radius 3 is 2.65 bits per heavy atom. The van der Waals surface area contributed by atoms with Crippen LogP contribution in [-0.4, -0.2) is 11.6 Å². The van der Waals surface area contributed by atoms with Crippen molar-refractivity contribution in [3.05, 3.63) is 17.3 Å². The van der Waals surface area contributed by atoms with E-state index in [9.17, 15) is 0 Å². The maximum Gasteiger partial charge on any atom is 0.238 e. The van der Waals surface area contributed by atoms with Gasteiger partial charge in [0.05, 0.1) is 12.3 Å². The first-order valence-electron chi connectivity index (χ1n) is 6.29. The van der Waals surface area contributed by atoms with Gasteiger partial charge >= 0.3 is 0 Å². The molecule has 0 fully saturated rings. The van der Waals surface area contributed by atoms with Crippen molar-refractivity contribution in [2.75, 3.05) is 12.3 Å². The number of aromatic nitrogens is 1. The lowest BCUT2D eigenvalue weighted by atomic mass is 10.1. The van der Waals surface area contributed by atoms with Crippen LogP contribution in [0.3, 0.4) is 0 Å². The van der Waals surface area contributed by atoms with Crippen LogP contribution in [0, 0.1) is 0 Å². The fourth-order valence-corrected chi connectivity index (χ4v) is 1.74. The van der Waals surface area contributed by atoms with Crippen LogP contribution in [0.5, 0.6) is 5.88 Å². The Hall–Kier alpha value is -0.960. The molecule has 1 rings (SSSR count). The fourth-order valence-electron chi connectivity index (χ4n) is 1.60. The van der Waals surface area contributed by atoms with Crippen LogP contribution in [-0.2, 0) is 0 Å². The molecule has 96 valence electrons. The van der Waals surface area contributed by atoms with Gasteiger partial charge in [-0.15, -0.1) is 0 Å². The maximum absolute atomic E-state index is 5.77. The summed E-state index contributed by atoms with van der Waals surface area (Å²) in [6, 6.07) is 3.38. The number of halogens is 1. The van der Waals surface area contributed by atoms with E-state index in [1.54, 1.807) is 12.1 Å². The van der Waals surface area contributed by atoms with E-state index < -0.39 is 0 Å². The van der Waals surface area contributed by atoms with Crippen LogP contribution in [0.15, 0.2) is 12.1 Å². The van der Waals surface area contributed by atoms with Crippen molar-refractivity contribution in [1.29, 1.82) is 0 Å². The number of hydrogen-bond acceptors (Lipinski definition) is 3. The Morgan fingerprint density at radius 2 is 1.88 bits per heavy atom. The topological polar surface area (TPSA) is 48.1 Å². The molecular weight excluding hydrogens is 236 g/mol. The second kappa shape index (κ2) is 8.18. The van der Waals surface area contributed by atoms with E-state index in [0.29, 0.717) is 23.3 Å². The van der Waals surface area contributed by atoms with Gasteiger partial charge in [0.25, 0.3) is 0 Å². The Bertz CT molecular complexity index is 331. The number of nitrogens with two attached hydrogens (primary N) is 1. The van der Waals surface area contributed by atoms with Crippen molar-refractivity contribution in [3.8, 4) is 5.88 Å². The highest BCUT2D eigenvalue weighted by Crippen LogP contribution is 2.21. The molecule has 0 aliphatic heterocycles. The van der Waals surface area contributed by atoms with Gasteiger partial charge in [0.1, 0.15) is 5.15 Å². The molecule has 0 atom stereocenters. The number of rotatable bonds is 8. The lowest BCUT2D eigenvalue weighted by molar-refractivity contribution is 0.295. The van der Waals surface area contributed by atoms with Crippen molar-refractivity contribution in [1.82, 2.24) is 4.98 Å². The van der Waals surface area contributed by atoms with E-state index in [-0.39, 0.29) is 0 Å². The molecule has 0 bridgehead atoms. The average molecular weight is 257 g/mol. The largest absolute Gasteiger partial charge is 0.476 e. The van der Waals surface area contributed by atoms with Gasteiger partial charge < -0.3 is 10.5 Å². The van der Waals surface area contributed by atoms with E-state index >= 15 is 0 Å². The Balaban J connectivity index is 2.15. The summed E-state index contributed by atoms with van der Waals surface area (Å²) < 4.78 is 5.50. The number of nitrogen functional groups attached to an aromatic ring is 1. The van der Waals surface area contributed by atoms with E-state index in [4.69, 9.17) is 22.1 Å². The van der Waals surface area contributed by atoms with Crippen LogP contribution in [0.25, 0.3) is 0 Å². The number of hydrogen-bond donors (Lipinski definition) is 1. The van der Waals surface area contributed by atoms with Gasteiger partial charge in [-0.2, -0.15) is 4.98 Å². The summed E-state index contributed by atoms with van der Waals surface area (Å²) in [4.78, 5) is 4.04. The minimum atomic E-state index is 0.414. The number of anilines is 1. The Labute approximate surface area is 108 Å². The zero-order valence-electron chi connectivity index (χ0n) is 10.4. The number of nitrogens with zero attached hydrogens (tertiary/aromatic N) is 1. The van der Waals surface area contributed by atoms with Gasteiger partial charge in [-0.3, -0.25) is 0 Å². The molecule has 1 aromatic rings. The summed E-state index contributed by atoms with van der Waals surface area (Å²) in [5.41, 5.74) is 6.27. The van der Waals surface area contributed by atoms with Gasteiger partial charge in [0, 0.05) is 0 Å². The Morgan fingerprint density at radius 1 is 1.18 bits per heavy atom. The minimum absolute atomic E-state index is 0.414. The number of pyridine rings is 1. The van der Waals surface area contributed by atoms with Crippen molar-refractivity contribution in [3.63, 3.8) is 0 Å². The second-order valence-electron chi connectivity index (χ2n) is 4.14. The molecule has 1 aromatic heterocycles. The zero-order valence-corrected chi connectivity index (χ0v) is 11.2. The minimum Gasteiger partial charge on any atom is -0.476 e. The standard InChI is InChI=1S/C13H21ClN2O/c1-2-3-4-5-6-7-10-17-13-11(15)8-9-12(14)16-13/h8-9H,2-7,10,15H2,1H3. The van der Waals surface area contributed by atoms with Crippen LogP contribution in [0.1, 0.15) is 45.4 Å². The molecule has 0 unspecified atom stereocenters. The molecule has 0 aromatic carbocycles. The van der Waals surface area contributed by atoms with E-state index in [0.717, 1.165) is 6.42 Å². The summed E-state index contributed by atoms with van der Waals surface area (Å²) >= 11 is 5.77. The molecule has 2 N–H and O–H groups in total. The van der Waals surface area contributed by atoms with Crippen molar-refractivity contribution in [2.45, 2.75) is 45.4 Å². The van der Waals surface area contributed by atoms with Crippen LogP contribution >= 0.6 is 11.6 Å². The summed E-state index contributed by atoms with van der Waals surface area (Å²) in [5, 5.41) is 0.414. The first-order valence-corrected chi connectivity index (χ1v) is 6.66. The van der Waals surface area contributed by atoms with E-state index in [2.05, 4.69) is 11.9 Å². The van der Waals surface area contributed by atoms with Crippen LogP contribution in [0.4, 0.5) is 5.69 Å². The molecule has 0 aliphatic rings. The summed E-state index contributed by atoms with van der Waals surface area (Å²) in [7, 11) is 0. The number of unbranched alkanes of at least 4 members (excludes halogenated alkanes) is 5. The lowest BCUT2D eigenvalue weighted by Gasteiger charge is -2.07. The first-order chi connectivity index (χ1) is 8.24. The lowest BCUT2D eigenvalue weighted by Crippen LogP contribution is -2.02. The SMILES string of the molecule is CCCCCCCCOc1nc(Cl)ccc1N. The summed E-state index contributed by atoms with van der Waals surface area (Å²) in [5.74, 6) is 0.450. The van der Waals surface area contributed by atoms with Crippen molar-refractivity contribution >= 4 is 17.3 Å². The predicted octanol–water partition coefficient (Wildman–Crippen LogP) is 4.06. The normalized spacial score (nSPS) is 10.5. The third kappa shape index (κ3) is 5.78. The highest BCUT2D eigenvalue weighted by molar-refractivity contribution is 6.29. The predicted molar refractivity (Wildman–Crippen MR) is 72.5 cm³/mol. The molecule has 0 amide bonds. The molecule has 4 heteroatoms. The molecule has 17 heavy (non-hydrogen) atoms. The maximum atomic E-state index is 5.77. The van der Waals surface area contributed by atoms with Crippen molar-refractivity contribution < 1.29 is 4.74 Å². The highest BCUT2D eigenvalue weighted by atomic mass is 35.5. The molecule has 0 saturated heterocycles. The van der Waals surface area contributed by atoms with E-state index in [1.165, 1.54) is 32.1 Å².